The minimum Gasteiger partial charge on any atom is -0.454 e. The van der Waals surface area contributed by atoms with Gasteiger partial charge in [-0.1, -0.05) is 31.2 Å². The minimum atomic E-state index is -0.140. The molecule has 2 aromatic rings. The Bertz CT molecular complexity index is 1020. The van der Waals surface area contributed by atoms with Gasteiger partial charge in [0.2, 0.25) is 12.7 Å². The Labute approximate surface area is 200 Å². The number of aryl methyl sites for hydroxylation is 1. The summed E-state index contributed by atoms with van der Waals surface area (Å²) in [5.41, 5.74) is 4.14. The zero-order valence-electron chi connectivity index (χ0n) is 20.1. The van der Waals surface area contributed by atoms with Crippen LogP contribution in [-0.2, 0) is 22.7 Å². The second-order valence-electron chi connectivity index (χ2n) is 8.56. The number of nitrogens with zero attached hydrogens (tertiary/aromatic N) is 3. The van der Waals surface area contributed by atoms with E-state index < -0.39 is 0 Å². The third-order valence-corrected chi connectivity index (χ3v) is 6.18. The molecule has 0 aliphatic carbocycles. The van der Waals surface area contributed by atoms with Crippen LogP contribution in [0, 0.1) is 6.92 Å². The molecule has 2 N–H and O–H groups in total. The Morgan fingerprint density at radius 2 is 1.71 bits per heavy atom. The van der Waals surface area contributed by atoms with Gasteiger partial charge in [-0.2, -0.15) is 0 Å². The number of ether oxygens (including phenoxy) is 2. The van der Waals surface area contributed by atoms with Crippen LogP contribution < -0.4 is 25.0 Å². The van der Waals surface area contributed by atoms with Gasteiger partial charge >= 0.3 is 0 Å². The maximum atomic E-state index is 13.3. The summed E-state index contributed by atoms with van der Waals surface area (Å²) in [6.45, 7) is 7.70. The van der Waals surface area contributed by atoms with E-state index in [9.17, 15) is 9.59 Å². The van der Waals surface area contributed by atoms with E-state index in [1.165, 1.54) is 11.1 Å². The van der Waals surface area contributed by atoms with Crippen molar-refractivity contribution in [3.63, 3.8) is 0 Å². The summed E-state index contributed by atoms with van der Waals surface area (Å²) in [5.74, 6) is 1.06. The van der Waals surface area contributed by atoms with Crippen molar-refractivity contribution in [2.45, 2.75) is 26.9 Å². The minimum absolute atomic E-state index is 0.0600. The summed E-state index contributed by atoms with van der Waals surface area (Å²) in [4.78, 5) is 27.9. The molecule has 0 atom stereocenters. The van der Waals surface area contributed by atoms with Gasteiger partial charge in [-0.15, -0.1) is 0 Å². The number of rotatable bonds is 10. The maximum Gasteiger partial charge on any atom is 0.256 e. The number of fused-ring (bicyclic) bond motifs is 2. The first kappa shape index (κ1) is 23.8. The molecule has 9 nitrogen and oxygen atoms in total. The van der Waals surface area contributed by atoms with Gasteiger partial charge in [0.25, 0.3) is 5.91 Å². The van der Waals surface area contributed by atoms with E-state index in [0.29, 0.717) is 37.7 Å². The van der Waals surface area contributed by atoms with Gasteiger partial charge < -0.3 is 25.0 Å². The van der Waals surface area contributed by atoms with Crippen molar-refractivity contribution in [1.82, 2.24) is 20.7 Å². The Hall–Kier alpha value is -3.30. The Kier molecular flexibility index (Phi) is 7.54. The van der Waals surface area contributed by atoms with E-state index in [2.05, 4.69) is 22.8 Å². The van der Waals surface area contributed by atoms with Gasteiger partial charge in [-0.05, 0) is 36.2 Å². The largest absolute Gasteiger partial charge is 0.454 e. The number of carbonyl (C=O) groups excluding carboxylic acids is 2. The van der Waals surface area contributed by atoms with Crippen molar-refractivity contribution >= 4 is 17.5 Å². The van der Waals surface area contributed by atoms with Gasteiger partial charge in [0, 0.05) is 45.0 Å². The highest BCUT2D eigenvalue weighted by atomic mass is 16.7. The first-order valence-electron chi connectivity index (χ1n) is 11.7. The van der Waals surface area contributed by atoms with Crippen LogP contribution in [0.25, 0.3) is 0 Å². The van der Waals surface area contributed by atoms with Gasteiger partial charge in [0.05, 0.1) is 13.1 Å². The lowest BCUT2D eigenvalue weighted by molar-refractivity contribution is -0.145. The van der Waals surface area contributed by atoms with Gasteiger partial charge in [0.15, 0.2) is 11.5 Å². The van der Waals surface area contributed by atoms with Crippen LogP contribution in [0.3, 0.4) is 0 Å². The molecule has 2 aliphatic rings. The summed E-state index contributed by atoms with van der Waals surface area (Å²) in [7, 11) is 1.79. The zero-order valence-corrected chi connectivity index (χ0v) is 20.1. The van der Waals surface area contributed by atoms with Crippen molar-refractivity contribution in [1.29, 1.82) is 0 Å². The second kappa shape index (κ2) is 10.8. The first-order valence-corrected chi connectivity index (χ1v) is 11.7. The fraction of sp³-hybridized carbons (Fsp3) is 0.440. The molecule has 2 heterocycles. The highest BCUT2D eigenvalue weighted by molar-refractivity contribution is 5.87. The summed E-state index contributed by atoms with van der Waals surface area (Å²) in [6, 6.07) is 12.0. The number of hydrogen-bond donors (Lipinski definition) is 2. The van der Waals surface area contributed by atoms with E-state index in [4.69, 9.17) is 9.47 Å². The lowest BCUT2D eigenvalue weighted by Gasteiger charge is -2.32. The number of hydrogen-bond acceptors (Lipinski definition) is 7. The molecule has 0 saturated heterocycles. The van der Waals surface area contributed by atoms with Gasteiger partial charge in [-0.3, -0.25) is 14.6 Å². The molecule has 34 heavy (non-hydrogen) atoms. The molecule has 0 bridgehead atoms. The van der Waals surface area contributed by atoms with E-state index in [-0.39, 0.29) is 31.7 Å². The van der Waals surface area contributed by atoms with Crippen LogP contribution in [0.5, 0.6) is 11.5 Å². The number of anilines is 1. The number of benzene rings is 2. The molecule has 0 fully saturated rings. The molecular weight excluding hydrogens is 434 g/mol. The van der Waals surface area contributed by atoms with Crippen LogP contribution in [0.1, 0.15) is 23.6 Å². The number of hydrazine groups is 1. The van der Waals surface area contributed by atoms with Gasteiger partial charge in [-0.25, -0.2) is 5.01 Å². The highest BCUT2D eigenvalue weighted by Gasteiger charge is 2.28. The summed E-state index contributed by atoms with van der Waals surface area (Å²) in [6.07, 6.45) is 0. The lowest BCUT2D eigenvalue weighted by Crippen LogP contribution is -2.48. The molecule has 0 radical (unpaired) electrons. The van der Waals surface area contributed by atoms with Crippen molar-refractivity contribution in [2.75, 3.05) is 51.5 Å². The van der Waals surface area contributed by atoms with Crippen molar-refractivity contribution in [3.8, 4) is 11.5 Å². The molecule has 2 amide bonds. The molecule has 0 spiro atoms. The van der Waals surface area contributed by atoms with Crippen LogP contribution in [0.15, 0.2) is 36.4 Å². The second-order valence-corrected chi connectivity index (χ2v) is 8.56. The van der Waals surface area contributed by atoms with E-state index in [0.717, 1.165) is 17.8 Å². The monoisotopic (exact) mass is 467 g/mol. The van der Waals surface area contributed by atoms with Gasteiger partial charge in [0.1, 0.15) is 0 Å². The molecule has 0 saturated carbocycles. The Balaban J connectivity index is 1.47. The third-order valence-electron chi connectivity index (χ3n) is 6.18. The Morgan fingerprint density at radius 3 is 2.38 bits per heavy atom. The molecular formula is C25H33N5O4. The van der Waals surface area contributed by atoms with E-state index in [1.54, 1.807) is 12.1 Å². The van der Waals surface area contributed by atoms with Crippen LogP contribution in [0.2, 0.25) is 0 Å². The number of carbonyl (C=O) groups is 2. The average Bonchev–Trinajstić information content (AvgIpc) is 3.46. The first-order chi connectivity index (χ1) is 16.5. The van der Waals surface area contributed by atoms with Crippen LogP contribution >= 0.6 is 0 Å². The highest BCUT2D eigenvalue weighted by Crippen LogP contribution is 2.38. The quantitative estimate of drug-likeness (QED) is 0.514. The molecule has 9 heteroatoms. The summed E-state index contributed by atoms with van der Waals surface area (Å²) in [5, 5.41) is 9.80. The summed E-state index contributed by atoms with van der Waals surface area (Å²) < 4.78 is 11.0. The summed E-state index contributed by atoms with van der Waals surface area (Å²) >= 11 is 0. The molecule has 182 valence electrons. The molecule has 2 aliphatic heterocycles. The SMILES string of the molecule is CCNCCNC(=O)CN(CC(=O)N(C)N1Cc2ccccc2C1)c1cc2c(cc1C)OCO2. The lowest BCUT2D eigenvalue weighted by atomic mass is 10.1. The van der Waals surface area contributed by atoms with Crippen LogP contribution in [0.4, 0.5) is 5.69 Å². The average molecular weight is 468 g/mol. The number of amides is 2. The smallest absolute Gasteiger partial charge is 0.256 e. The van der Waals surface area contributed by atoms with Crippen LogP contribution in [-0.4, -0.2) is 68.4 Å². The predicted molar refractivity (Wildman–Crippen MR) is 130 cm³/mol. The zero-order chi connectivity index (χ0) is 24.1. The molecule has 0 aromatic heterocycles. The molecule has 4 rings (SSSR count). The van der Waals surface area contributed by atoms with E-state index >= 15 is 0 Å². The molecule has 0 unspecified atom stereocenters. The normalized spacial score (nSPS) is 14.1. The standard InChI is InChI=1S/C25H33N5O4/c1-4-26-9-10-27-24(31)15-29(21-12-23-22(11-18(21)2)33-17-34-23)16-25(32)28(3)30-13-19-7-5-6-8-20(19)14-30/h5-8,11-12,26H,4,9-10,13-17H2,1-3H3,(H,27,31). The van der Waals surface area contributed by atoms with Crippen molar-refractivity contribution < 1.29 is 19.1 Å². The maximum absolute atomic E-state index is 13.3. The van der Waals surface area contributed by atoms with E-state index in [1.807, 2.05) is 48.0 Å². The fourth-order valence-corrected chi connectivity index (χ4v) is 4.25. The van der Waals surface area contributed by atoms with Crippen molar-refractivity contribution in [2.24, 2.45) is 0 Å². The fourth-order valence-electron chi connectivity index (χ4n) is 4.25. The third kappa shape index (κ3) is 5.43. The number of likely N-dealkylation sites (N-methyl/N-ethyl adjacent to an activating group) is 2. The van der Waals surface area contributed by atoms with Crippen molar-refractivity contribution in [3.05, 3.63) is 53.1 Å². The Morgan fingerprint density at radius 1 is 1.03 bits per heavy atom. The molecule has 2 aromatic carbocycles. The number of nitrogens with one attached hydrogen (secondary N) is 2. The topological polar surface area (TPSA) is 86.4 Å². The predicted octanol–water partition coefficient (Wildman–Crippen LogP) is 1.65.